The quantitative estimate of drug-likeness (QED) is 0.833. The van der Waals surface area contributed by atoms with Crippen LogP contribution in [0.15, 0.2) is 22.7 Å². The van der Waals surface area contributed by atoms with Crippen molar-refractivity contribution >= 4 is 38.5 Å². The third kappa shape index (κ3) is 2.93. The fraction of sp³-hybridized carbons (Fsp3) is 0.222. The van der Waals surface area contributed by atoms with E-state index in [9.17, 15) is 0 Å². The normalized spacial score (nSPS) is 12.2. The van der Waals surface area contributed by atoms with Gasteiger partial charge in [-0.2, -0.15) is 5.26 Å². The van der Waals surface area contributed by atoms with Gasteiger partial charge in [0.1, 0.15) is 0 Å². The van der Waals surface area contributed by atoms with Crippen molar-refractivity contribution < 1.29 is 0 Å². The lowest BCUT2D eigenvalue weighted by molar-refractivity contribution is 0.747. The van der Waals surface area contributed by atoms with Crippen LogP contribution in [0.1, 0.15) is 18.0 Å². The van der Waals surface area contributed by atoms with Gasteiger partial charge in [-0.3, -0.25) is 0 Å². The van der Waals surface area contributed by atoms with Gasteiger partial charge in [0.2, 0.25) is 0 Å². The Bertz CT molecular complexity index is 346. The molecule has 2 N–H and O–H groups in total. The molecule has 4 heteroatoms. The van der Waals surface area contributed by atoms with Crippen molar-refractivity contribution in [3.8, 4) is 6.07 Å². The summed E-state index contributed by atoms with van der Waals surface area (Å²) >= 11 is 5.63. The molecule has 0 fully saturated rings. The van der Waals surface area contributed by atoms with Gasteiger partial charge in [-0.15, -0.1) is 0 Å². The first kappa shape index (κ1) is 11.0. The Morgan fingerprint density at radius 2 is 2.31 bits per heavy atom. The van der Waals surface area contributed by atoms with E-state index in [1.165, 1.54) is 0 Å². The molecule has 68 valence electrons. The number of hydrogen-bond donors (Lipinski definition) is 1. The maximum atomic E-state index is 8.48. The molecule has 0 radical (unpaired) electrons. The van der Waals surface area contributed by atoms with E-state index >= 15 is 0 Å². The Morgan fingerprint density at radius 1 is 1.62 bits per heavy atom. The van der Waals surface area contributed by atoms with E-state index in [1.807, 2.05) is 18.2 Å². The molecule has 0 spiro atoms. The maximum Gasteiger partial charge on any atom is 0.0641 e. The number of nitrogens with zero attached hydrogens (tertiary/aromatic N) is 1. The van der Waals surface area contributed by atoms with E-state index in [0.29, 0.717) is 6.42 Å². The molecule has 0 aliphatic carbocycles. The second kappa shape index (κ2) is 4.94. The standard InChI is InChI=1S/C9H8BrIN2/c10-7-2-1-6(5-8(7)11)9(13)3-4-12/h1-2,5,9H,3,13H2. The van der Waals surface area contributed by atoms with Gasteiger partial charge in [0, 0.05) is 14.1 Å². The van der Waals surface area contributed by atoms with Crippen LogP contribution in [0.4, 0.5) is 0 Å². The molecule has 0 aliphatic rings. The average molecular weight is 351 g/mol. The van der Waals surface area contributed by atoms with Crippen LogP contribution in [-0.4, -0.2) is 0 Å². The summed E-state index contributed by atoms with van der Waals surface area (Å²) in [4.78, 5) is 0. The highest BCUT2D eigenvalue weighted by atomic mass is 127. The zero-order chi connectivity index (χ0) is 9.84. The van der Waals surface area contributed by atoms with Crippen LogP contribution in [0.2, 0.25) is 0 Å². The summed E-state index contributed by atoms with van der Waals surface area (Å²) in [5.41, 5.74) is 6.79. The molecule has 0 amide bonds. The molecule has 0 saturated heterocycles. The molecule has 13 heavy (non-hydrogen) atoms. The third-order valence-electron chi connectivity index (χ3n) is 1.68. The molecular weight excluding hydrogens is 343 g/mol. The van der Waals surface area contributed by atoms with Crippen LogP contribution in [0.25, 0.3) is 0 Å². The second-order valence-corrected chi connectivity index (χ2v) is 4.66. The van der Waals surface area contributed by atoms with Gasteiger partial charge in [0.15, 0.2) is 0 Å². The number of nitriles is 1. The lowest BCUT2D eigenvalue weighted by Crippen LogP contribution is -2.09. The number of hydrogen-bond acceptors (Lipinski definition) is 2. The summed E-state index contributed by atoms with van der Waals surface area (Å²) in [5.74, 6) is 0. The number of rotatable bonds is 2. The largest absolute Gasteiger partial charge is 0.323 e. The Kier molecular flexibility index (Phi) is 4.16. The summed E-state index contributed by atoms with van der Waals surface area (Å²) in [6.45, 7) is 0. The predicted molar refractivity (Wildman–Crippen MR) is 64.0 cm³/mol. The number of halogens is 2. The molecule has 0 aliphatic heterocycles. The summed E-state index contributed by atoms with van der Waals surface area (Å²) < 4.78 is 2.17. The minimum absolute atomic E-state index is 0.174. The van der Waals surface area contributed by atoms with Crippen molar-refractivity contribution in [3.05, 3.63) is 31.8 Å². The van der Waals surface area contributed by atoms with Crippen molar-refractivity contribution in [1.29, 1.82) is 5.26 Å². The molecule has 0 heterocycles. The van der Waals surface area contributed by atoms with Gasteiger partial charge in [-0.25, -0.2) is 0 Å². The van der Waals surface area contributed by atoms with E-state index in [0.717, 1.165) is 13.6 Å². The SMILES string of the molecule is N#CCC(N)c1ccc(Br)c(I)c1. The first-order valence-corrected chi connectivity index (χ1v) is 5.60. The Hall–Kier alpha value is -0.120. The van der Waals surface area contributed by atoms with Crippen LogP contribution in [0.5, 0.6) is 0 Å². The van der Waals surface area contributed by atoms with Crippen LogP contribution < -0.4 is 5.73 Å². The van der Waals surface area contributed by atoms with E-state index in [-0.39, 0.29) is 6.04 Å². The Morgan fingerprint density at radius 3 is 2.85 bits per heavy atom. The molecule has 1 rings (SSSR count). The van der Waals surface area contributed by atoms with E-state index in [1.54, 1.807) is 0 Å². The Balaban J connectivity index is 2.91. The van der Waals surface area contributed by atoms with Gasteiger partial charge < -0.3 is 5.73 Å². The molecule has 0 bridgehead atoms. The summed E-state index contributed by atoms with van der Waals surface area (Å²) in [7, 11) is 0. The minimum atomic E-state index is -0.174. The molecule has 1 atom stereocenters. The monoisotopic (exact) mass is 350 g/mol. The predicted octanol–water partition coefficient (Wildman–Crippen LogP) is 2.97. The fourth-order valence-electron chi connectivity index (χ4n) is 0.959. The van der Waals surface area contributed by atoms with E-state index in [2.05, 4.69) is 44.6 Å². The second-order valence-electron chi connectivity index (χ2n) is 2.64. The molecule has 1 unspecified atom stereocenters. The van der Waals surface area contributed by atoms with Crippen molar-refractivity contribution in [2.45, 2.75) is 12.5 Å². The third-order valence-corrected chi connectivity index (χ3v) is 4.01. The van der Waals surface area contributed by atoms with E-state index in [4.69, 9.17) is 11.0 Å². The fourth-order valence-corrected chi connectivity index (χ4v) is 1.75. The van der Waals surface area contributed by atoms with E-state index < -0.39 is 0 Å². The van der Waals surface area contributed by atoms with Crippen LogP contribution >= 0.6 is 38.5 Å². The van der Waals surface area contributed by atoms with Gasteiger partial charge in [0.05, 0.1) is 12.5 Å². The van der Waals surface area contributed by atoms with Crippen molar-refractivity contribution in [3.63, 3.8) is 0 Å². The first-order valence-electron chi connectivity index (χ1n) is 3.72. The zero-order valence-corrected chi connectivity index (χ0v) is 10.5. The zero-order valence-electron chi connectivity index (χ0n) is 6.80. The van der Waals surface area contributed by atoms with Crippen LogP contribution in [0.3, 0.4) is 0 Å². The van der Waals surface area contributed by atoms with Crippen molar-refractivity contribution in [1.82, 2.24) is 0 Å². The number of benzene rings is 1. The van der Waals surface area contributed by atoms with Gasteiger partial charge >= 0.3 is 0 Å². The van der Waals surface area contributed by atoms with Gasteiger partial charge in [0.25, 0.3) is 0 Å². The highest BCUT2D eigenvalue weighted by Gasteiger charge is 2.06. The van der Waals surface area contributed by atoms with Gasteiger partial charge in [-0.05, 0) is 56.2 Å². The lowest BCUT2D eigenvalue weighted by Gasteiger charge is -2.08. The highest BCUT2D eigenvalue weighted by Crippen LogP contribution is 2.23. The van der Waals surface area contributed by atoms with Crippen LogP contribution in [-0.2, 0) is 0 Å². The summed E-state index contributed by atoms with van der Waals surface area (Å²) in [5, 5.41) is 8.48. The maximum absolute atomic E-state index is 8.48. The lowest BCUT2D eigenvalue weighted by atomic mass is 10.1. The molecule has 1 aromatic rings. The van der Waals surface area contributed by atoms with Gasteiger partial charge in [-0.1, -0.05) is 6.07 Å². The van der Waals surface area contributed by atoms with Crippen LogP contribution in [0, 0.1) is 14.9 Å². The first-order chi connectivity index (χ1) is 6.15. The van der Waals surface area contributed by atoms with Crippen molar-refractivity contribution in [2.75, 3.05) is 0 Å². The van der Waals surface area contributed by atoms with Crippen molar-refractivity contribution in [2.24, 2.45) is 5.73 Å². The Labute approximate surface area is 99.4 Å². The average Bonchev–Trinajstić information content (AvgIpc) is 2.10. The molecule has 2 nitrogen and oxygen atoms in total. The highest BCUT2D eigenvalue weighted by molar-refractivity contribution is 14.1. The molecule has 0 saturated carbocycles. The summed E-state index contributed by atoms with van der Waals surface area (Å²) in [6.07, 6.45) is 0.359. The smallest absolute Gasteiger partial charge is 0.0641 e. The molecular formula is C9H8BrIN2. The topological polar surface area (TPSA) is 49.8 Å². The molecule has 1 aromatic carbocycles. The minimum Gasteiger partial charge on any atom is -0.323 e. The molecule has 0 aromatic heterocycles. The number of nitrogens with two attached hydrogens (primary N) is 1. The summed E-state index contributed by atoms with van der Waals surface area (Å²) in [6, 6.07) is 7.77.